The number of nitrogens with zero attached hydrogens (tertiary/aromatic N) is 1. The maximum absolute atomic E-state index is 12.8. The summed E-state index contributed by atoms with van der Waals surface area (Å²) in [5.74, 6) is 1.05. The molecule has 24 heavy (non-hydrogen) atoms. The first-order valence-corrected chi connectivity index (χ1v) is 9.38. The van der Waals surface area contributed by atoms with Gasteiger partial charge >= 0.3 is 6.09 Å². The van der Waals surface area contributed by atoms with Gasteiger partial charge in [0, 0.05) is 25.2 Å². The van der Waals surface area contributed by atoms with Gasteiger partial charge in [-0.1, -0.05) is 20.3 Å². The van der Waals surface area contributed by atoms with Crippen LogP contribution in [-0.4, -0.2) is 55.2 Å². The highest BCUT2D eigenvalue weighted by Gasteiger charge is 2.44. The van der Waals surface area contributed by atoms with Gasteiger partial charge in [0.05, 0.1) is 7.11 Å². The van der Waals surface area contributed by atoms with E-state index in [1.165, 1.54) is 39.2 Å². The predicted molar refractivity (Wildman–Crippen MR) is 91.5 cm³/mol. The highest BCUT2D eigenvalue weighted by Crippen LogP contribution is 2.39. The Labute approximate surface area is 144 Å². The second-order valence-corrected chi connectivity index (χ2v) is 8.03. The molecule has 136 valence electrons. The molecule has 2 saturated carbocycles. The maximum Gasteiger partial charge on any atom is 0.407 e. The van der Waals surface area contributed by atoms with Gasteiger partial charge in [0.2, 0.25) is 5.91 Å². The van der Waals surface area contributed by atoms with Crippen molar-refractivity contribution < 1.29 is 14.3 Å². The van der Waals surface area contributed by atoms with E-state index in [9.17, 15) is 9.59 Å². The molecule has 2 aliphatic carbocycles. The Morgan fingerprint density at radius 1 is 1.08 bits per heavy atom. The molecule has 6 heteroatoms. The first-order chi connectivity index (χ1) is 11.5. The summed E-state index contributed by atoms with van der Waals surface area (Å²) in [4.78, 5) is 26.9. The number of alkyl carbamates (subject to hydrolysis) is 1. The molecule has 2 N–H and O–H groups in total. The molecule has 0 spiro atoms. The molecule has 1 saturated heterocycles. The van der Waals surface area contributed by atoms with E-state index in [1.807, 2.05) is 13.8 Å². The molecule has 3 atom stereocenters. The topological polar surface area (TPSA) is 70.7 Å². The second-order valence-electron chi connectivity index (χ2n) is 8.03. The number of methoxy groups -OCH3 is 1. The van der Waals surface area contributed by atoms with Crippen LogP contribution in [0.25, 0.3) is 0 Å². The van der Waals surface area contributed by atoms with E-state index in [2.05, 4.69) is 20.3 Å². The number of piperidine rings is 1. The van der Waals surface area contributed by atoms with Crippen LogP contribution < -0.4 is 10.6 Å². The summed E-state index contributed by atoms with van der Waals surface area (Å²) in [6.45, 7) is 6.11. The lowest BCUT2D eigenvalue weighted by Crippen LogP contribution is -2.61. The van der Waals surface area contributed by atoms with Crippen molar-refractivity contribution in [3.05, 3.63) is 0 Å². The average molecular weight is 337 g/mol. The van der Waals surface area contributed by atoms with Crippen LogP contribution in [0.5, 0.6) is 0 Å². The normalized spacial score (nSPS) is 31.4. The molecule has 2 bridgehead atoms. The molecule has 1 aliphatic heterocycles. The van der Waals surface area contributed by atoms with Gasteiger partial charge in [0.1, 0.15) is 6.04 Å². The number of carbonyl (C=O) groups is 2. The zero-order valence-corrected chi connectivity index (χ0v) is 15.1. The number of carbonyl (C=O) groups excluding carboxylic acids is 2. The summed E-state index contributed by atoms with van der Waals surface area (Å²) in [6, 6.07) is 0.510. The van der Waals surface area contributed by atoms with Crippen LogP contribution in [0, 0.1) is 17.8 Å². The Morgan fingerprint density at radius 2 is 1.71 bits per heavy atom. The minimum Gasteiger partial charge on any atom is -0.453 e. The average Bonchev–Trinajstić information content (AvgIpc) is 3.36. The number of fused-ring (bicyclic) bond motifs is 2. The van der Waals surface area contributed by atoms with Gasteiger partial charge < -0.3 is 15.4 Å². The summed E-state index contributed by atoms with van der Waals surface area (Å²) in [5, 5.41) is 5.95. The van der Waals surface area contributed by atoms with Gasteiger partial charge in [0.25, 0.3) is 0 Å². The van der Waals surface area contributed by atoms with E-state index in [0.717, 1.165) is 19.1 Å². The lowest BCUT2D eigenvalue weighted by Gasteiger charge is -2.48. The molecule has 2 amide bonds. The zero-order chi connectivity index (χ0) is 17.3. The van der Waals surface area contributed by atoms with Crippen molar-refractivity contribution in [2.75, 3.05) is 20.2 Å². The van der Waals surface area contributed by atoms with E-state index in [-0.39, 0.29) is 17.9 Å². The highest BCUT2D eigenvalue weighted by molar-refractivity contribution is 5.86. The smallest absolute Gasteiger partial charge is 0.407 e. The Hall–Kier alpha value is -1.30. The van der Waals surface area contributed by atoms with Crippen LogP contribution >= 0.6 is 0 Å². The molecule has 2 unspecified atom stereocenters. The SMILES string of the molecule is COC(=O)N[C@@H](C(=O)NC1C2CCCC1CN(C1CC1)C2)C(C)C. The summed E-state index contributed by atoms with van der Waals surface area (Å²) >= 11 is 0. The van der Waals surface area contributed by atoms with Crippen molar-refractivity contribution in [1.82, 2.24) is 15.5 Å². The van der Waals surface area contributed by atoms with Crippen molar-refractivity contribution >= 4 is 12.0 Å². The van der Waals surface area contributed by atoms with Gasteiger partial charge in [-0.15, -0.1) is 0 Å². The number of hydrogen-bond acceptors (Lipinski definition) is 4. The van der Waals surface area contributed by atoms with Crippen LogP contribution in [0.15, 0.2) is 0 Å². The Bertz CT molecular complexity index is 464. The Kier molecular flexibility index (Phi) is 5.33. The number of ether oxygens (including phenoxy) is 1. The first-order valence-electron chi connectivity index (χ1n) is 9.38. The van der Waals surface area contributed by atoms with Crippen molar-refractivity contribution in [3.8, 4) is 0 Å². The van der Waals surface area contributed by atoms with Crippen LogP contribution in [0.2, 0.25) is 0 Å². The quantitative estimate of drug-likeness (QED) is 0.802. The van der Waals surface area contributed by atoms with Crippen LogP contribution in [-0.2, 0) is 9.53 Å². The third-order valence-electron chi connectivity index (χ3n) is 5.88. The molecule has 3 rings (SSSR count). The first kappa shape index (κ1) is 17.5. The van der Waals surface area contributed by atoms with E-state index in [1.54, 1.807) is 0 Å². The lowest BCUT2D eigenvalue weighted by atomic mass is 9.73. The van der Waals surface area contributed by atoms with Crippen LogP contribution in [0.3, 0.4) is 0 Å². The minimum atomic E-state index is -0.549. The fourth-order valence-corrected chi connectivity index (χ4v) is 4.42. The highest BCUT2D eigenvalue weighted by atomic mass is 16.5. The van der Waals surface area contributed by atoms with Crippen molar-refractivity contribution in [3.63, 3.8) is 0 Å². The van der Waals surface area contributed by atoms with Gasteiger partial charge in [-0.3, -0.25) is 9.69 Å². The van der Waals surface area contributed by atoms with Gasteiger partial charge in [-0.05, 0) is 43.4 Å². The third-order valence-corrected chi connectivity index (χ3v) is 5.88. The number of nitrogens with one attached hydrogen (secondary N) is 2. The van der Waals surface area contributed by atoms with E-state index >= 15 is 0 Å². The van der Waals surface area contributed by atoms with Gasteiger partial charge in [-0.25, -0.2) is 4.79 Å². The van der Waals surface area contributed by atoms with E-state index in [0.29, 0.717) is 11.8 Å². The second kappa shape index (κ2) is 7.30. The molecule has 0 aromatic carbocycles. The predicted octanol–water partition coefficient (Wildman–Crippen LogP) is 1.75. The molecular formula is C18H31N3O3. The summed E-state index contributed by atoms with van der Waals surface area (Å²) < 4.78 is 4.66. The largest absolute Gasteiger partial charge is 0.453 e. The number of likely N-dealkylation sites (tertiary alicyclic amines) is 1. The van der Waals surface area contributed by atoms with Crippen LogP contribution in [0.1, 0.15) is 46.0 Å². The van der Waals surface area contributed by atoms with Gasteiger partial charge in [0.15, 0.2) is 0 Å². The molecular weight excluding hydrogens is 306 g/mol. The fourth-order valence-electron chi connectivity index (χ4n) is 4.42. The van der Waals surface area contributed by atoms with E-state index in [4.69, 9.17) is 0 Å². The summed E-state index contributed by atoms with van der Waals surface area (Å²) in [7, 11) is 1.32. The Morgan fingerprint density at radius 3 is 2.21 bits per heavy atom. The van der Waals surface area contributed by atoms with Crippen molar-refractivity contribution in [2.24, 2.45) is 17.8 Å². The monoisotopic (exact) mass is 337 g/mol. The molecule has 0 radical (unpaired) electrons. The molecule has 0 aromatic heterocycles. The van der Waals surface area contributed by atoms with Crippen molar-refractivity contribution in [2.45, 2.75) is 64.1 Å². The fraction of sp³-hybridized carbons (Fsp3) is 0.889. The van der Waals surface area contributed by atoms with E-state index < -0.39 is 12.1 Å². The number of hydrogen-bond donors (Lipinski definition) is 2. The van der Waals surface area contributed by atoms with Crippen LogP contribution in [0.4, 0.5) is 4.79 Å². The number of amides is 2. The summed E-state index contributed by atoms with van der Waals surface area (Å²) in [5.41, 5.74) is 0. The molecule has 3 aliphatic rings. The van der Waals surface area contributed by atoms with Gasteiger partial charge in [-0.2, -0.15) is 0 Å². The third kappa shape index (κ3) is 3.85. The summed E-state index contributed by atoms with van der Waals surface area (Å²) in [6.07, 6.45) is 5.80. The zero-order valence-electron chi connectivity index (χ0n) is 15.1. The van der Waals surface area contributed by atoms with Crippen molar-refractivity contribution in [1.29, 1.82) is 0 Å². The molecule has 0 aromatic rings. The standard InChI is InChI=1S/C18H31N3O3/c1-11(2)15(20-18(23)24-3)17(22)19-16-12-5-4-6-13(16)10-21(9-12)14-7-8-14/h11-16H,4-10H2,1-3H3,(H,19,22)(H,20,23)/t12?,13?,15-,16?/m1/s1. The maximum atomic E-state index is 12.8. The Balaban J connectivity index is 1.63. The molecule has 6 nitrogen and oxygen atoms in total. The molecule has 3 fully saturated rings. The lowest BCUT2D eigenvalue weighted by molar-refractivity contribution is -0.126. The minimum absolute atomic E-state index is 0.0236. The molecule has 1 heterocycles. The number of rotatable bonds is 5.